The summed E-state index contributed by atoms with van der Waals surface area (Å²) in [6.07, 6.45) is 0. The van der Waals surface area contributed by atoms with Gasteiger partial charge in [0.2, 0.25) is 0 Å². The number of halogens is 2. The van der Waals surface area contributed by atoms with E-state index in [1.165, 1.54) is 21.9 Å². The summed E-state index contributed by atoms with van der Waals surface area (Å²) in [6, 6.07) is 4.29. The van der Waals surface area contributed by atoms with Gasteiger partial charge in [-0.05, 0) is 17.7 Å². The normalized spacial score (nSPS) is 16.4. The van der Waals surface area contributed by atoms with E-state index in [-0.39, 0.29) is 5.82 Å². The smallest absolute Gasteiger partial charge is 0.312 e. The maximum absolute atomic E-state index is 12.9. The largest absolute Gasteiger partial charge is 0.336 e. The van der Waals surface area contributed by atoms with Crippen molar-refractivity contribution in [3.63, 3.8) is 0 Å². The van der Waals surface area contributed by atoms with Gasteiger partial charge in [-0.25, -0.2) is 4.39 Å². The molecule has 1 aliphatic rings. The number of hydrogen-bond acceptors (Lipinski definition) is 2. The van der Waals surface area contributed by atoms with E-state index < -0.39 is 11.8 Å². The molecule has 6 heteroatoms. The van der Waals surface area contributed by atoms with Gasteiger partial charge < -0.3 is 9.80 Å². The number of piperazine rings is 1. The molecule has 18 heavy (non-hydrogen) atoms. The highest BCUT2D eigenvalue weighted by Gasteiger charge is 2.30. The van der Waals surface area contributed by atoms with Gasteiger partial charge in [-0.2, -0.15) is 0 Å². The van der Waals surface area contributed by atoms with E-state index in [1.807, 2.05) is 0 Å². The van der Waals surface area contributed by atoms with Crippen LogP contribution in [0.3, 0.4) is 0 Å². The van der Waals surface area contributed by atoms with Crippen LogP contribution in [0, 0.1) is 5.82 Å². The third-order valence-corrected chi connectivity index (χ3v) is 3.64. The lowest BCUT2D eigenvalue weighted by atomic mass is 10.2. The number of likely N-dealkylation sites (N-methyl/N-ethyl adjacent to an activating group) is 1. The molecule has 0 bridgehead atoms. The second kappa shape index (κ2) is 5.06. The van der Waals surface area contributed by atoms with Crippen molar-refractivity contribution in [1.29, 1.82) is 0 Å². The summed E-state index contributed by atoms with van der Waals surface area (Å²) in [5.41, 5.74) is 0.780. The van der Waals surface area contributed by atoms with Gasteiger partial charge in [0.25, 0.3) is 0 Å². The highest BCUT2D eigenvalue weighted by molar-refractivity contribution is 9.10. The number of benzene rings is 1. The quantitative estimate of drug-likeness (QED) is 0.774. The molecule has 1 saturated heterocycles. The number of amides is 2. The maximum atomic E-state index is 12.9. The van der Waals surface area contributed by atoms with Gasteiger partial charge in [0, 0.05) is 31.2 Å². The van der Waals surface area contributed by atoms with E-state index in [9.17, 15) is 14.0 Å². The zero-order chi connectivity index (χ0) is 13.3. The van der Waals surface area contributed by atoms with Crippen molar-refractivity contribution in [2.75, 3.05) is 20.1 Å². The van der Waals surface area contributed by atoms with E-state index in [0.717, 1.165) is 5.56 Å². The first-order valence-electron chi connectivity index (χ1n) is 5.47. The fourth-order valence-electron chi connectivity index (χ4n) is 1.78. The topological polar surface area (TPSA) is 40.6 Å². The molecule has 0 atom stereocenters. The second-order valence-corrected chi connectivity index (χ2v) is 5.04. The first-order chi connectivity index (χ1) is 8.49. The highest BCUT2D eigenvalue weighted by atomic mass is 79.9. The molecule has 1 fully saturated rings. The summed E-state index contributed by atoms with van der Waals surface area (Å²) < 4.78 is 13.5. The van der Waals surface area contributed by atoms with Gasteiger partial charge in [-0.3, -0.25) is 9.59 Å². The molecule has 0 saturated carbocycles. The van der Waals surface area contributed by atoms with Crippen LogP contribution in [0.1, 0.15) is 5.56 Å². The molecule has 1 heterocycles. The van der Waals surface area contributed by atoms with E-state index in [1.54, 1.807) is 13.1 Å². The third-order valence-electron chi connectivity index (χ3n) is 2.90. The molecule has 2 rings (SSSR count). The Bertz CT molecular complexity index is 507. The van der Waals surface area contributed by atoms with Crippen LogP contribution in [0.15, 0.2) is 22.7 Å². The van der Waals surface area contributed by atoms with Crippen LogP contribution in [0.5, 0.6) is 0 Å². The Kier molecular flexibility index (Phi) is 3.65. The molecule has 1 aromatic rings. The first-order valence-corrected chi connectivity index (χ1v) is 6.26. The molecule has 96 valence electrons. The Hall–Kier alpha value is -1.43. The Morgan fingerprint density at radius 1 is 1.28 bits per heavy atom. The van der Waals surface area contributed by atoms with E-state index >= 15 is 0 Å². The molecule has 0 radical (unpaired) electrons. The number of hydrogen-bond donors (Lipinski definition) is 0. The molecule has 4 nitrogen and oxygen atoms in total. The molecule has 0 aromatic heterocycles. The highest BCUT2D eigenvalue weighted by Crippen LogP contribution is 2.20. The van der Waals surface area contributed by atoms with E-state index in [0.29, 0.717) is 24.1 Å². The third kappa shape index (κ3) is 2.53. The molecule has 0 unspecified atom stereocenters. The van der Waals surface area contributed by atoms with Crippen LogP contribution in [0.25, 0.3) is 0 Å². The summed E-state index contributed by atoms with van der Waals surface area (Å²) in [7, 11) is 1.60. The van der Waals surface area contributed by atoms with Crippen molar-refractivity contribution in [3.8, 4) is 0 Å². The minimum Gasteiger partial charge on any atom is -0.336 e. The monoisotopic (exact) mass is 314 g/mol. The minimum absolute atomic E-state index is 0.305. The Morgan fingerprint density at radius 3 is 2.67 bits per heavy atom. The average Bonchev–Trinajstić information content (AvgIpc) is 2.33. The van der Waals surface area contributed by atoms with Crippen LogP contribution >= 0.6 is 15.9 Å². The van der Waals surface area contributed by atoms with Crippen LogP contribution < -0.4 is 0 Å². The van der Waals surface area contributed by atoms with Crippen molar-refractivity contribution in [3.05, 3.63) is 34.1 Å². The Balaban J connectivity index is 2.14. The van der Waals surface area contributed by atoms with Crippen LogP contribution in [-0.4, -0.2) is 41.8 Å². The molecular formula is C12H12BrFN2O2. The average molecular weight is 315 g/mol. The predicted octanol–water partition coefficient (Wildman–Crippen LogP) is 1.39. The van der Waals surface area contributed by atoms with Crippen LogP contribution in [0.2, 0.25) is 0 Å². The standard InChI is InChI=1S/C12H12BrFN2O2/c1-15-4-5-16(12(18)11(15)17)7-8-2-3-9(14)6-10(8)13/h2-3,6H,4-5,7H2,1H3. The second-order valence-electron chi connectivity index (χ2n) is 4.19. The molecule has 1 aromatic carbocycles. The summed E-state index contributed by atoms with van der Waals surface area (Å²) in [4.78, 5) is 26.2. The summed E-state index contributed by atoms with van der Waals surface area (Å²) in [6.45, 7) is 1.31. The predicted molar refractivity (Wildman–Crippen MR) is 67.2 cm³/mol. The Morgan fingerprint density at radius 2 is 2.00 bits per heavy atom. The zero-order valence-electron chi connectivity index (χ0n) is 9.82. The SMILES string of the molecule is CN1CCN(Cc2ccc(F)cc2Br)C(=O)C1=O. The van der Waals surface area contributed by atoms with Crippen molar-refractivity contribution in [2.45, 2.75) is 6.54 Å². The van der Waals surface area contributed by atoms with Gasteiger partial charge >= 0.3 is 11.8 Å². The summed E-state index contributed by atoms with van der Waals surface area (Å²) >= 11 is 3.25. The summed E-state index contributed by atoms with van der Waals surface area (Å²) in [5.74, 6) is -1.36. The van der Waals surface area contributed by atoms with Crippen molar-refractivity contribution in [2.24, 2.45) is 0 Å². The maximum Gasteiger partial charge on any atom is 0.312 e. The lowest BCUT2D eigenvalue weighted by Crippen LogP contribution is -2.52. The number of carbonyl (C=O) groups excluding carboxylic acids is 2. The fourth-order valence-corrected chi connectivity index (χ4v) is 2.25. The lowest BCUT2D eigenvalue weighted by molar-refractivity contribution is -0.155. The van der Waals surface area contributed by atoms with Gasteiger partial charge in [0.05, 0.1) is 0 Å². The molecular weight excluding hydrogens is 303 g/mol. The molecule has 0 aliphatic carbocycles. The zero-order valence-corrected chi connectivity index (χ0v) is 11.4. The molecule has 1 aliphatic heterocycles. The number of carbonyl (C=O) groups is 2. The first kappa shape index (κ1) is 13.0. The fraction of sp³-hybridized carbons (Fsp3) is 0.333. The van der Waals surface area contributed by atoms with Crippen LogP contribution in [0.4, 0.5) is 4.39 Å². The van der Waals surface area contributed by atoms with Gasteiger partial charge in [-0.15, -0.1) is 0 Å². The van der Waals surface area contributed by atoms with Gasteiger partial charge in [0.1, 0.15) is 5.82 Å². The molecule has 0 N–H and O–H groups in total. The molecule has 2 amide bonds. The van der Waals surface area contributed by atoms with Gasteiger partial charge in [-0.1, -0.05) is 22.0 Å². The van der Waals surface area contributed by atoms with Gasteiger partial charge in [0.15, 0.2) is 0 Å². The minimum atomic E-state index is -0.514. The van der Waals surface area contributed by atoms with E-state index in [2.05, 4.69) is 15.9 Å². The van der Waals surface area contributed by atoms with Crippen molar-refractivity contribution < 1.29 is 14.0 Å². The van der Waals surface area contributed by atoms with E-state index in [4.69, 9.17) is 0 Å². The molecule has 0 spiro atoms. The van der Waals surface area contributed by atoms with Crippen LogP contribution in [-0.2, 0) is 16.1 Å². The number of nitrogens with zero attached hydrogens (tertiary/aromatic N) is 2. The summed E-state index contributed by atoms with van der Waals surface area (Å²) in [5, 5.41) is 0. The number of rotatable bonds is 2. The lowest BCUT2D eigenvalue weighted by Gasteiger charge is -2.31. The Labute approximate surface area is 112 Å². The van der Waals surface area contributed by atoms with Crippen molar-refractivity contribution >= 4 is 27.7 Å². The van der Waals surface area contributed by atoms with Crippen molar-refractivity contribution in [1.82, 2.24) is 9.80 Å².